The van der Waals surface area contributed by atoms with Crippen molar-refractivity contribution in [3.8, 4) is 0 Å². The SMILES string of the molecule is O=C(CCn1cnc2sccc2c1=O)NC1C2CCC(C2)C1CO. The van der Waals surface area contributed by atoms with Crippen molar-refractivity contribution in [1.82, 2.24) is 14.9 Å². The number of aliphatic hydroxyl groups excluding tert-OH is 1. The van der Waals surface area contributed by atoms with Crippen molar-refractivity contribution in [2.45, 2.75) is 38.3 Å². The van der Waals surface area contributed by atoms with Gasteiger partial charge in [-0.15, -0.1) is 11.3 Å². The fourth-order valence-corrected chi connectivity index (χ4v) is 5.15. The van der Waals surface area contributed by atoms with Crippen molar-refractivity contribution < 1.29 is 9.90 Å². The van der Waals surface area contributed by atoms with Crippen LogP contribution < -0.4 is 10.9 Å². The highest BCUT2D eigenvalue weighted by Crippen LogP contribution is 2.48. The number of amides is 1. The lowest BCUT2D eigenvalue weighted by Gasteiger charge is -2.30. The second-order valence-electron chi connectivity index (χ2n) is 6.91. The van der Waals surface area contributed by atoms with Gasteiger partial charge in [-0.1, -0.05) is 0 Å². The number of carbonyl (C=O) groups excluding carboxylic acids is 1. The van der Waals surface area contributed by atoms with Crippen molar-refractivity contribution >= 4 is 27.5 Å². The molecular formula is C17H21N3O3S. The van der Waals surface area contributed by atoms with E-state index in [1.807, 2.05) is 5.38 Å². The number of thiophene rings is 1. The number of nitrogens with zero attached hydrogens (tertiary/aromatic N) is 2. The van der Waals surface area contributed by atoms with E-state index in [9.17, 15) is 14.7 Å². The quantitative estimate of drug-likeness (QED) is 0.856. The maximum atomic E-state index is 12.3. The molecule has 0 spiro atoms. The first-order chi connectivity index (χ1) is 11.7. The van der Waals surface area contributed by atoms with Crippen molar-refractivity contribution in [2.75, 3.05) is 6.61 Å². The van der Waals surface area contributed by atoms with Crippen LogP contribution in [0.15, 0.2) is 22.6 Å². The number of nitrogens with one attached hydrogen (secondary N) is 1. The Morgan fingerprint density at radius 1 is 1.42 bits per heavy atom. The van der Waals surface area contributed by atoms with E-state index >= 15 is 0 Å². The molecule has 2 heterocycles. The van der Waals surface area contributed by atoms with Crippen LogP contribution in [0.2, 0.25) is 0 Å². The number of aliphatic hydroxyl groups is 1. The van der Waals surface area contributed by atoms with Gasteiger partial charge in [0.1, 0.15) is 4.83 Å². The molecule has 0 aromatic carbocycles. The Hall–Kier alpha value is -1.73. The minimum atomic E-state index is -0.0952. The lowest BCUT2D eigenvalue weighted by atomic mass is 9.85. The number of aromatic nitrogens is 2. The number of rotatable bonds is 5. The molecule has 128 valence electrons. The molecule has 7 heteroatoms. The summed E-state index contributed by atoms with van der Waals surface area (Å²) in [4.78, 5) is 29.6. The van der Waals surface area contributed by atoms with Gasteiger partial charge in [-0.3, -0.25) is 14.2 Å². The zero-order valence-corrected chi connectivity index (χ0v) is 14.2. The third-order valence-electron chi connectivity index (χ3n) is 5.66. The smallest absolute Gasteiger partial charge is 0.262 e. The van der Waals surface area contributed by atoms with E-state index in [4.69, 9.17) is 0 Å². The normalized spacial score (nSPS) is 28.5. The highest BCUT2D eigenvalue weighted by atomic mass is 32.1. The zero-order valence-electron chi connectivity index (χ0n) is 13.4. The molecule has 2 aromatic rings. The second kappa shape index (κ2) is 6.29. The van der Waals surface area contributed by atoms with Crippen molar-refractivity contribution in [1.29, 1.82) is 0 Å². The molecular weight excluding hydrogens is 326 g/mol. The minimum absolute atomic E-state index is 0.0525. The Morgan fingerprint density at radius 2 is 2.25 bits per heavy atom. The molecule has 0 radical (unpaired) electrons. The minimum Gasteiger partial charge on any atom is -0.396 e. The molecule has 4 atom stereocenters. The van der Waals surface area contributed by atoms with Crippen LogP contribution in [0.25, 0.3) is 10.2 Å². The summed E-state index contributed by atoms with van der Waals surface area (Å²) in [6.45, 7) is 0.471. The van der Waals surface area contributed by atoms with Crippen LogP contribution in [0, 0.1) is 17.8 Å². The molecule has 2 N–H and O–H groups in total. The molecule has 2 saturated carbocycles. The average Bonchev–Trinajstić information content (AvgIpc) is 3.29. The lowest BCUT2D eigenvalue weighted by molar-refractivity contribution is -0.122. The topological polar surface area (TPSA) is 84.2 Å². The van der Waals surface area contributed by atoms with Gasteiger partial charge < -0.3 is 10.4 Å². The molecule has 4 unspecified atom stereocenters. The molecule has 4 rings (SSSR count). The Bertz CT molecular complexity index is 815. The fraction of sp³-hybridized carbons (Fsp3) is 0.588. The van der Waals surface area contributed by atoms with Gasteiger partial charge in [0.2, 0.25) is 5.91 Å². The van der Waals surface area contributed by atoms with E-state index in [-0.39, 0.29) is 36.5 Å². The van der Waals surface area contributed by atoms with Gasteiger partial charge in [0.25, 0.3) is 5.56 Å². The van der Waals surface area contributed by atoms with Gasteiger partial charge >= 0.3 is 0 Å². The van der Waals surface area contributed by atoms with E-state index < -0.39 is 0 Å². The fourth-order valence-electron chi connectivity index (χ4n) is 4.43. The van der Waals surface area contributed by atoms with Crippen LogP contribution in [0.5, 0.6) is 0 Å². The summed E-state index contributed by atoms with van der Waals surface area (Å²) in [5, 5.41) is 15.1. The number of carbonyl (C=O) groups is 1. The number of fused-ring (bicyclic) bond motifs is 3. The molecule has 6 nitrogen and oxygen atoms in total. The monoisotopic (exact) mass is 347 g/mol. The zero-order chi connectivity index (χ0) is 16.7. The van der Waals surface area contributed by atoms with E-state index in [0.717, 1.165) is 17.7 Å². The van der Waals surface area contributed by atoms with Crippen LogP contribution in [-0.2, 0) is 11.3 Å². The molecule has 2 bridgehead atoms. The van der Waals surface area contributed by atoms with Gasteiger partial charge in [0.05, 0.1) is 11.7 Å². The maximum absolute atomic E-state index is 12.3. The molecule has 2 aromatic heterocycles. The molecule has 2 aliphatic carbocycles. The Labute approximate surface area is 143 Å². The van der Waals surface area contributed by atoms with Crippen molar-refractivity contribution in [3.05, 3.63) is 28.1 Å². The molecule has 2 fully saturated rings. The first-order valence-corrected chi connectivity index (χ1v) is 9.38. The molecule has 24 heavy (non-hydrogen) atoms. The van der Waals surface area contributed by atoms with E-state index in [1.54, 1.807) is 6.07 Å². The van der Waals surface area contributed by atoms with Gasteiger partial charge in [0.15, 0.2) is 0 Å². The summed E-state index contributed by atoms with van der Waals surface area (Å²) >= 11 is 1.44. The maximum Gasteiger partial charge on any atom is 0.262 e. The summed E-state index contributed by atoms with van der Waals surface area (Å²) in [5.41, 5.74) is -0.0952. The first kappa shape index (κ1) is 15.8. The highest BCUT2D eigenvalue weighted by Gasteiger charge is 2.47. The molecule has 0 aliphatic heterocycles. The standard InChI is InChI=1S/C17H21N3O3S/c21-8-13-10-1-2-11(7-10)15(13)19-14(22)3-5-20-9-18-16-12(17(20)23)4-6-24-16/h4,6,9-11,13,15,21H,1-3,5,7-8H2,(H,19,22). The second-order valence-corrected chi connectivity index (χ2v) is 7.80. The number of hydrogen-bond acceptors (Lipinski definition) is 5. The largest absolute Gasteiger partial charge is 0.396 e. The van der Waals surface area contributed by atoms with Crippen molar-refractivity contribution in [2.24, 2.45) is 17.8 Å². The highest BCUT2D eigenvalue weighted by molar-refractivity contribution is 7.16. The summed E-state index contributed by atoms with van der Waals surface area (Å²) in [6, 6.07) is 1.86. The van der Waals surface area contributed by atoms with Crippen LogP contribution in [-0.4, -0.2) is 33.2 Å². The van der Waals surface area contributed by atoms with E-state index in [1.165, 1.54) is 28.7 Å². The van der Waals surface area contributed by atoms with Gasteiger partial charge in [-0.25, -0.2) is 4.98 Å². The van der Waals surface area contributed by atoms with Crippen molar-refractivity contribution in [3.63, 3.8) is 0 Å². The predicted molar refractivity (Wildman–Crippen MR) is 91.8 cm³/mol. The Balaban J connectivity index is 1.39. The summed E-state index contributed by atoms with van der Waals surface area (Å²) in [7, 11) is 0. The van der Waals surface area contributed by atoms with E-state index in [2.05, 4.69) is 10.3 Å². The van der Waals surface area contributed by atoms with Gasteiger partial charge in [-0.2, -0.15) is 0 Å². The van der Waals surface area contributed by atoms with Gasteiger partial charge in [0, 0.05) is 31.5 Å². The predicted octanol–water partition coefficient (Wildman–Crippen LogP) is 1.37. The average molecular weight is 347 g/mol. The van der Waals surface area contributed by atoms with E-state index in [0.29, 0.717) is 23.8 Å². The summed E-state index contributed by atoms with van der Waals surface area (Å²) < 4.78 is 1.50. The number of hydrogen-bond donors (Lipinski definition) is 2. The third-order valence-corrected chi connectivity index (χ3v) is 6.48. The first-order valence-electron chi connectivity index (χ1n) is 8.50. The Morgan fingerprint density at radius 3 is 3.08 bits per heavy atom. The Kier molecular flexibility index (Phi) is 4.14. The lowest BCUT2D eigenvalue weighted by Crippen LogP contribution is -2.45. The molecule has 0 saturated heterocycles. The molecule has 2 aliphatic rings. The van der Waals surface area contributed by atoms with Crippen LogP contribution in [0.3, 0.4) is 0 Å². The van der Waals surface area contributed by atoms with Gasteiger partial charge in [-0.05, 0) is 42.5 Å². The van der Waals surface area contributed by atoms with Crippen LogP contribution in [0.1, 0.15) is 25.7 Å². The summed E-state index contributed by atoms with van der Waals surface area (Å²) in [6.07, 6.45) is 5.20. The third kappa shape index (κ3) is 2.65. The summed E-state index contributed by atoms with van der Waals surface area (Å²) in [5.74, 6) is 1.20. The number of aryl methyl sites for hydroxylation is 1. The van der Waals surface area contributed by atoms with Crippen LogP contribution >= 0.6 is 11.3 Å². The molecule has 1 amide bonds. The van der Waals surface area contributed by atoms with Crippen LogP contribution in [0.4, 0.5) is 0 Å².